The van der Waals surface area contributed by atoms with Gasteiger partial charge in [0.15, 0.2) is 0 Å². The molecule has 0 aliphatic carbocycles. The Morgan fingerprint density at radius 2 is 1.75 bits per heavy atom. The lowest BCUT2D eigenvalue weighted by Crippen LogP contribution is -2.16. The Hall–Kier alpha value is -3.62. The first kappa shape index (κ1) is 19.2. The van der Waals surface area contributed by atoms with Crippen molar-refractivity contribution in [3.63, 3.8) is 0 Å². The number of anilines is 2. The summed E-state index contributed by atoms with van der Waals surface area (Å²) in [4.78, 5) is 24.7. The molecule has 0 bridgehead atoms. The fourth-order valence-electron chi connectivity index (χ4n) is 2.50. The molecule has 0 aliphatic heterocycles. The van der Waals surface area contributed by atoms with Gasteiger partial charge in [-0.15, -0.1) is 0 Å². The third-order valence-electron chi connectivity index (χ3n) is 3.95. The fraction of sp³-hybridized carbons (Fsp3) is 0.105. The van der Waals surface area contributed by atoms with Gasteiger partial charge >= 0.3 is 6.18 Å². The van der Waals surface area contributed by atoms with E-state index < -0.39 is 23.6 Å². The standard InChI is InChI=1S/C19H15F3N4O2/c1-11-5-6-14(8-16(11)18(28)26-15-9-23-24-10-15)25-17(27)12-3-2-4-13(7-12)19(20,21)22/h2-10H,1H3,(H,23,24)(H,25,27)(H,26,28). The number of hydrogen-bond acceptors (Lipinski definition) is 3. The van der Waals surface area contributed by atoms with Crippen molar-refractivity contribution in [2.45, 2.75) is 13.1 Å². The van der Waals surface area contributed by atoms with Crippen LogP contribution in [0.15, 0.2) is 54.9 Å². The topological polar surface area (TPSA) is 86.9 Å². The zero-order chi connectivity index (χ0) is 20.3. The van der Waals surface area contributed by atoms with Crippen LogP contribution in [0.2, 0.25) is 0 Å². The van der Waals surface area contributed by atoms with Crippen LogP contribution in [0.4, 0.5) is 24.5 Å². The largest absolute Gasteiger partial charge is 0.416 e. The summed E-state index contributed by atoms with van der Waals surface area (Å²) in [6.07, 6.45) is -1.60. The Bertz CT molecular complexity index is 1010. The molecule has 0 aliphatic rings. The lowest BCUT2D eigenvalue weighted by atomic mass is 10.1. The maximum Gasteiger partial charge on any atom is 0.416 e. The smallest absolute Gasteiger partial charge is 0.322 e. The number of alkyl halides is 3. The molecular weight excluding hydrogens is 373 g/mol. The number of aromatic nitrogens is 2. The highest BCUT2D eigenvalue weighted by Crippen LogP contribution is 2.29. The number of H-pyrrole nitrogens is 1. The molecule has 0 fully saturated rings. The van der Waals surface area contributed by atoms with E-state index in [9.17, 15) is 22.8 Å². The first-order valence-corrected chi connectivity index (χ1v) is 8.13. The summed E-state index contributed by atoms with van der Waals surface area (Å²) in [6, 6.07) is 8.76. The van der Waals surface area contributed by atoms with Gasteiger partial charge in [0, 0.05) is 23.0 Å². The van der Waals surface area contributed by atoms with Crippen molar-refractivity contribution in [2.75, 3.05) is 10.6 Å². The normalized spacial score (nSPS) is 11.1. The number of nitrogens with zero attached hydrogens (tertiary/aromatic N) is 1. The molecule has 3 N–H and O–H groups in total. The van der Waals surface area contributed by atoms with E-state index in [1.54, 1.807) is 19.1 Å². The summed E-state index contributed by atoms with van der Waals surface area (Å²) in [6.45, 7) is 1.72. The first-order valence-electron chi connectivity index (χ1n) is 8.13. The van der Waals surface area contributed by atoms with Crippen LogP contribution in [0.25, 0.3) is 0 Å². The Morgan fingerprint density at radius 1 is 1.00 bits per heavy atom. The zero-order valence-electron chi connectivity index (χ0n) is 14.6. The molecule has 9 heteroatoms. The van der Waals surface area contributed by atoms with E-state index >= 15 is 0 Å². The third-order valence-corrected chi connectivity index (χ3v) is 3.95. The highest BCUT2D eigenvalue weighted by Gasteiger charge is 2.30. The van der Waals surface area contributed by atoms with Crippen LogP contribution in [0.5, 0.6) is 0 Å². The predicted octanol–water partition coefficient (Wildman–Crippen LogP) is 4.24. The molecule has 0 atom stereocenters. The average molecular weight is 388 g/mol. The van der Waals surface area contributed by atoms with Crippen molar-refractivity contribution < 1.29 is 22.8 Å². The Labute approximate surface area is 157 Å². The Balaban J connectivity index is 1.79. The van der Waals surface area contributed by atoms with Crippen molar-refractivity contribution in [3.05, 3.63) is 77.1 Å². The van der Waals surface area contributed by atoms with Gasteiger partial charge in [-0.3, -0.25) is 14.7 Å². The number of carbonyl (C=O) groups is 2. The maximum absolute atomic E-state index is 12.8. The summed E-state index contributed by atoms with van der Waals surface area (Å²) in [5, 5.41) is 11.5. The molecule has 2 aromatic carbocycles. The lowest BCUT2D eigenvalue weighted by molar-refractivity contribution is -0.137. The van der Waals surface area contributed by atoms with Gasteiger partial charge in [-0.1, -0.05) is 12.1 Å². The summed E-state index contributed by atoms with van der Waals surface area (Å²) in [5.41, 5.74) is 0.679. The van der Waals surface area contributed by atoms with Crippen LogP contribution >= 0.6 is 0 Å². The highest BCUT2D eigenvalue weighted by molar-refractivity contribution is 6.08. The van der Waals surface area contributed by atoms with Crippen molar-refractivity contribution in [2.24, 2.45) is 0 Å². The molecule has 28 heavy (non-hydrogen) atoms. The number of rotatable bonds is 4. The number of nitrogens with one attached hydrogen (secondary N) is 3. The van der Waals surface area contributed by atoms with E-state index in [0.717, 1.165) is 18.2 Å². The van der Waals surface area contributed by atoms with Crippen molar-refractivity contribution in [3.8, 4) is 0 Å². The lowest BCUT2D eigenvalue weighted by Gasteiger charge is -2.11. The van der Waals surface area contributed by atoms with Crippen LogP contribution in [0.3, 0.4) is 0 Å². The molecule has 144 valence electrons. The van der Waals surface area contributed by atoms with Gasteiger partial charge in [-0.25, -0.2) is 0 Å². The SMILES string of the molecule is Cc1ccc(NC(=O)c2cccc(C(F)(F)F)c2)cc1C(=O)Nc1cn[nH]c1. The van der Waals surface area contributed by atoms with Crippen LogP contribution in [-0.2, 0) is 6.18 Å². The van der Waals surface area contributed by atoms with Gasteiger partial charge in [0.1, 0.15) is 0 Å². The van der Waals surface area contributed by atoms with Gasteiger partial charge in [0.05, 0.1) is 17.4 Å². The minimum Gasteiger partial charge on any atom is -0.322 e. The first-order chi connectivity index (χ1) is 13.2. The minimum atomic E-state index is -4.54. The molecule has 0 unspecified atom stereocenters. The quantitative estimate of drug-likeness (QED) is 0.625. The third kappa shape index (κ3) is 4.37. The fourth-order valence-corrected chi connectivity index (χ4v) is 2.50. The summed E-state index contributed by atoms with van der Waals surface area (Å²) in [7, 11) is 0. The molecule has 0 saturated heterocycles. The van der Waals surface area contributed by atoms with E-state index in [0.29, 0.717) is 16.8 Å². The van der Waals surface area contributed by atoms with Crippen LogP contribution in [-0.4, -0.2) is 22.0 Å². The van der Waals surface area contributed by atoms with Gasteiger partial charge in [0.2, 0.25) is 0 Å². The Kier molecular flexibility index (Phi) is 5.16. The zero-order valence-corrected chi connectivity index (χ0v) is 14.6. The molecule has 1 heterocycles. The van der Waals surface area contributed by atoms with Crippen LogP contribution in [0, 0.1) is 6.92 Å². The predicted molar refractivity (Wildman–Crippen MR) is 97.1 cm³/mol. The van der Waals surface area contributed by atoms with E-state index in [1.807, 2.05) is 0 Å². The van der Waals surface area contributed by atoms with E-state index in [-0.39, 0.29) is 11.3 Å². The second-order valence-corrected chi connectivity index (χ2v) is 6.00. The molecule has 6 nitrogen and oxygen atoms in total. The molecule has 0 saturated carbocycles. The second-order valence-electron chi connectivity index (χ2n) is 6.00. The Morgan fingerprint density at radius 3 is 2.43 bits per heavy atom. The van der Waals surface area contributed by atoms with Crippen molar-refractivity contribution >= 4 is 23.2 Å². The number of aryl methyl sites for hydroxylation is 1. The van der Waals surface area contributed by atoms with Crippen LogP contribution < -0.4 is 10.6 Å². The highest BCUT2D eigenvalue weighted by atomic mass is 19.4. The molecule has 2 amide bonds. The number of aromatic amines is 1. The van der Waals surface area contributed by atoms with E-state index in [4.69, 9.17) is 0 Å². The number of carbonyl (C=O) groups excluding carboxylic acids is 2. The molecular formula is C19H15F3N4O2. The van der Waals surface area contributed by atoms with Crippen LogP contribution in [0.1, 0.15) is 31.8 Å². The van der Waals surface area contributed by atoms with Crippen molar-refractivity contribution in [1.29, 1.82) is 0 Å². The summed E-state index contributed by atoms with van der Waals surface area (Å²) in [5.74, 6) is -1.12. The summed E-state index contributed by atoms with van der Waals surface area (Å²) < 4.78 is 38.5. The van der Waals surface area contributed by atoms with Gasteiger partial charge in [-0.05, 0) is 42.8 Å². The average Bonchev–Trinajstić information content (AvgIpc) is 3.15. The van der Waals surface area contributed by atoms with Gasteiger partial charge < -0.3 is 10.6 Å². The molecule has 3 aromatic rings. The molecule has 0 spiro atoms. The van der Waals surface area contributed by atoms with Gasteiger partial charge in [0.25, 0.3) is 11.8 Å². The summed E-state index contributed by atoms with van der Waals surface area (Å²) >= 11 is 0. The number of halogens is 3. The molecule has 3 rings (SSSR count). The maximum atomic E-state index is 12.8. The number of amides is 2. The minimum absolute atomic E-state index is 0.139. The number of hydrogen-bond donors (Lipinski definition) is 3. The monoisotopic (exact) mass is 388 g/mol. The van der Waals surface area contributed by atoms with E-state index in [2.05, 4.69) is 20.8 Å². The molecule has 0 radical (unpaired) electrons. The van der Waals surface area contributed by atoms with E-state index in [1.165, 1.54) is 24.5 Å². The van der Waals surface area contributed by atoms with Gasteiger partial charge in [-0.2, -0.15) is 18.3 Å². The second kappa shape index (κ2) is 7.55. The molecule has 1 aromatic heterocycles. The van der Waals surface area contributed by atoms with Crippen molar-refractivity contribution in [1.82, 2.24) is 10.2 Å². The number of benzene rings is 2.